The van der Waals surface area contributed by atoms with Crippen molar-refractivity contribution in [1.82, 2.24) is 10.2 Å². The molecule has 0 spiro atoms. The summed E-state index contributed by atoms with van der Waals surface area (Å²) in [7, 11) is 1.82. The van der Waals surface area contributed by atoms with Gasteiger partial charge in [-0.05, 0) is 41.3 Å². The highest BCUT2D eigenvalue weighted by molar-refractivity contribution is 5.98. The van der Waals surface area contributed by atoms with Gasteiger partial charge in [0.2, 0.25) is 5.91 Å². The summed E-state index contributed by atoms with van der Waals surface area (Å²) < 4.78 is 0. The molecule has 0 atom stereocenters. The Hall–Kier alpha value is -3.14. The summed E-state index contributed by atoms with van der Waals surface area (Å²) in [6, 6.07) is 23.8. The molecule has 4 nitrogen and oxygen atoms in total. The average molecular weight is 374 g/mol. The van der Waals surface area contributed by atoms with E-state index in [0.717, 1.165) is 23.6 Å². The van der Waals surface area contributed by atoms with Crippen LogP contribution in [-0.2, 0) is 11.2 Å². The largest absolute Gasteiger partial charge is 0.352 e. The molecule has 4 heteroatoms. The van der Waals surface area contributed by atoms with E-state index < -0.39 is 0 Å². The molecule has 0 aliphatic heterocycles. The second-order valence-electron chi connectivity index (χ2n) is 6.97. The predicted octanol–water partition coefficient (Wildman–Crippen LogP) is 4.05. The van der Waals surface area contributed by atoms with Gasteiger partial charge >= 0.3 is 0 Å². The molecule has 2 amide bonds. The summed E-state index contributed by atoms with van der Waals surface area (Å²) in [5, 5.41) is 4.98. The number of benzene rings is 3. The summed E-state index contributed by atoms with van der Waals surface area (Å²) in [6.45, 7) is 1.06. The monoisotopic (exact) mass is 374 g/mol. The van der Waals surface area contributed by atoms with E-state index in [-0.39, 0.29) is 11.8 Å². The van der Waals surface area contributed by atoms with E-state index in [0.29, 0.717) is 25.1 Å². The Balaban J connectivity index is 1.40. The molecule has 0 unspecified atom stereocenters. The first kappa shape index (κ1) is 19.6. The number of amides is 2. The van der Waals surface area contributed by atoms with Crippen molar-refractivity contribution in [1.29, 1.82) is 0 Å². The molecule has 0 radical (unpaired) electrons. The minimum Gasteiger partial charge on any atom is -0.352 e. The highest BCUT2D eigenvalue weighted by Gasteiger charge is 2.10. The number of carbonyl (C=O) groups is 2. The van der Waals surface area contributed by atoms with Crippen molar-refractivity contribution in [2.75, 3.05) is 20.1 Å². The third-order valence-corrected chi connectivity index (χ3v) is 4.86. The molecule has 0 fully saturated rings. The molecule has 3 rings (SSSR count). The minimum absolute atomic E-state index is 0.0480. The Labute approximate surface area is 166 Å². The van der Waals surface area contributed by atoms with Gasteiger partial charge in [-0.25, -0.2) is 0 Å². The maximum atomic E-state index is 12.3. The zero-order valence-corrected chi connectivity index (χ0v) is 16.2. The molecular formula is C24H26N2O2. The third-order valence-electron chi connectivity index (χ3n) is 4.86. The van der Waals surface area contributed by atoms with Crippen molar-refractivity contribution >= 4 is 22.6 Å². The van der Waals surface area contributed by atoms with Gasteiger partial charge in [0.15, 0.2) is 0 Å². The minimum atomic E-state index is -0.148. The van der Waals surface area contributed by atoms with Gasteiger partial charge in [0.05, 0.1) is 0 Å². The second-order valence-corrected chi connectivity index (χ2v) is 6.97. The summed E-state index contributed by atoms with van der Waals surface area (Å²) in [6.07, 6.45) is 2.19. The molecule has 3 aromatic rings. The van der Waals surface area contributed by atoms with Crippen molar-refractivity contribution in [3.63, 3.8) is 0 Å². The van der Waals surface area contributed by atoms with Gasteiger partial charge in [0.25, 0.3) is 5.91 Å². The Morgan fingerprint density at radius 1 is 0.893 bits per heavy atom. The summed E-state index contributed by atoms with van der Waals surface area (Å²) in [4.78, 5) is 26.3. The molecule has 28 heavy (non-hydrogen) atoms. The van der Waals surface area contributed by atoms with Crippen molar-refractivity contribution < 1.29 is 9.59 Å². The molecule has 0 heterocycles. The maximum absolute atomic E-state index is 12.3. The lowest BCUT2D eigenvalue weighted by Gasteiger charge is -2.17. The number of aryl methyl sites for hydroxylation is 1. The number of carbonyl (C=O) groups excluding carboxylic acids is 2. The van der Waals surface area contributed by atoms with E-state index >= 15 is 0 Å². The van der Waals surface area contributed by atoms with E-state index in [1.165, 1.54) is 5.56 Å². The van der Waals surface area contributed by atoms with Crippen LogP contribution in [0.2, 0.25) is 0 Å². The lowest BCUT2D eigenvalue weighted by molar-refractivity contribution is -0.129. The Morgan fingerprint density at radius 3 is 2.39 bits per heavy atom. The highest BCUT2D eigenvalue weighted by Crippen LogP contribution is 2.15. The van der Waals surface area contributed by atoms with Crippen LogP contribution in [0.4, 0.5) is 0 Å². The topological polar surface area (TPSA) is 49.4 Å². The number of nitrogens with one attached hydrogen (secondary N) is 1. The van der Waals surface area contributed by atoms with Crippen LogP contribution in [0.3, 0.4) is 0 Å². The standard InChI is InChI=1S/C24H26N2O2/c1-26(17-7-10-19-8-3-2-4-9-19)23(27)15-16-25-24(28)22-14-13-20-11-5-6-12-21(20)18-22/h2-6,8-9,11-14,18H,7,10,15-17H2,1H3,(H,25,28). The molecule has 0 aliphatic rings. The zero-order chi connectivity index (χ0) is 19.8. The fraction of sp³-hybridized carbons (Fsp3) is 0.250. The van der Waals surface area contributed by atoms with Crippen LogP contribution in [0, 0.1) is 0 Å². The number of hydrogen-bond donors (Lipinski definition) is 1. The lowest BCUT2D eigenvalue weighted by atomic mass is 10.1. The molecular weight excluding hydrogens is 348 g/mol. The molecule has 3 aromatic carbocycles. The van der Waals surface area contributed by atoms with E-state index in [1.807, 2.05) is 67.7 Å². The SMILES string of the molecule is CN(CCCc1ccccc1)C(=O)CCNC(=O)c1ccc2ccccc2c1. The fourth-order valence-electron chi connectivity index (χ4n) is 3.20. The molecule has 1 N–H and O–H groups in total. The van der Waals surface area contributed by atoms with Crippen LogP contribution in [0.15, 0.2) is 72.8 Å². The van der Waals surface area contributed by atoms with Gasteiger partial charge in [-0.1, -0.05) is 60.7 Å². The van der Waals surface area contributed by atoms with E-state index in [9.17, 15) is 9.59 Å². The van der Waals surface area contributed by atoms with Crippen LogP contribution < -0.4 is 5.32 Å². The predicted molar refractivity (Wildman–Crippen MR) is 113 cm³/mol. The van der Waals surface area contributed by atoms with Crippen LogP contribution in [-0.4, -0.2) is 36.9 Å². The Kier molecular flexibility index (Phi) is 6.79. The van der Waals surface area contributed by atoms with Gasteiger partial charge < -0.3 is 10.2 Å². The first-order valence-electron chi connectivity index (χ1n) is 9.68. The van der Waals surface area contributed by atoms with Crippen LogP contribution in [0.25, 0.3) is 10.8 Å². The average Bonchev–Trinajstić information content (AvgIpc) is 2.73. The van der Waals surface area contributed by atoms with Crippen LogP contribution >= 0.6 is 0 Å². The van der Waals surface area contributed by atoms with Crippen molar-refractivity contribution in [2.45, 2.75) is 19.3 Å². The molecule has 0 saturated carbocycles. The Morgan fingerprint density at radius 2 is 1.61 bits per heavy atom. The molecule has 144 valence electrons. The molecule has 0 aromatic heterocycles. The lowest BCUT2D eigenvalue weighted by Crippen LogP contribution is -2.32. The summed E-state index contributed by atoms with van der Waals surface area (Å²) >= 11 is 0. The van der Waals surface area contributed by atoms with E-state index in [2.05, 4.69) is 17.4 Å². The summed E-state index contributed by atoms with van der Waals surface area (Å²) in [5.41, 5.74) is 1.90. The van der Waals surface area contributed by atoms with E-state index in [4.69, 9.17) is 0 Å². The molecule has 0 bridgehead atoms. The quantitative estimate of drug-likeness (QED) is 0.647. The number of hydrogen-bond acceptors (Lipinski definition) is 2. The van der Waals surface area contributed by atoms with Crippen molar-refractivity contribution in [2.24, 2.45) is 0 Å². The smallest absolute Gasteiger partial charge is 0.251 e. The van der Waals surface area contributed by atoms with Crippen LogP contribution in [0.5, 0.6) is 0 Å². The first-order valence-corrected chi connectivity index (χ1v) is 9.68. The third kappa shape index (κ3) is 5.43. The normalized spacial score (nSPS) is 10.6. The van der Waals surface area contributed by atoms with Gasteiger partial charge in [-0.15, -0.1) is 0 Å². The van der Waals surface area contributed by atoms with Gasteiger partial charge in [-0.3, -0.25) is 9.59 Å². The van der Waals surface area contributed by atoms with Gasteiger partial charge in [0.1, 0.15) is 0 Å². The van der Waals surface area contributed by atoms with Crippen molar-refractivity contribution in [3.05, 3.63) is 83.9 Å². The zero-order valence-electron chi connectivity index (χ0n) is 16.2. The number of rotatable bonds is 8. The van der Waals surface area contributed by atoms with Crippen LogP contribution in [0.1, 0.15) is 28.8 Å². The number of fused-ring (bicyclic) bond motifs is 1. The maximum Gasteiger partial charge on any atom is 0.251 e. The molecule has 0 saturated heterocycles. The summed E-state index contributed by atoms with van der Waals surface area (Å²) in [5.74, 6) is -0.0999. The van der Waals surface area contributed by atoms with Crippen molar-refractivity contribution in [3.8, 4) is 0 Å². The van der Waals surface area contributed by atoms with Gasteiger partial charge in [0, 0.05) is 32.1 Å². The van der Waals surface area contributed by atoms with Gasteiger partial charge in [-0.2, -0.15) is 0 Å². The van der Waals surface area contributed by atoms with E-state index in [1.54, 1.807) is 4.90 Å². The Bertz CT molecular complexity index is 938. The molecule has 0 aliphatic carbocycles. The first-order chi connectivity index (χ1) is 13.6. The number of nitrogens with zero attached hydrogens (tertiary/aromatic N) is 1. The highest BCUT2D eigenvalue weighted by atomic mass is 16.2. The fourth-order valence-corrected chi connectivity index (χ4v) is 3.20. The second kappa shape index (κ2) is 9.70.